The Kier molecular flexibility index (Phi) is 9.08. The van der Waals surface area contributed by atoms with Crippen LogP contribution in [0.2, 0.25) is 0 Å². The maximum Gasteiger partial charge on any atom is 0.350 e. The molecule has 0 saturated heterocycles. The summed E-state index contributed by atoms with van der Waals surface area (Å²) >= 11 is 1.76. The Labute approximate surface area is 178 Å². The van der Waals surface area contributed by atoms with Crippen LogP contribution in [0.5, 0.6) is 0 Å². The Hall–Kier alpha value is -1.47. The number of carbonyl (C=O) groups is 2. The van der Waals surface area contributed by atoms with E-state index in [4.69, 9.17) is 13.9 Å². The van der Waals surface area contributed by atoms with E-state index in [1.54, 1.807) is 18.7 Å². The van der Waals surface area contributed by atoms with Gasteiger partial charge in [0.25, 0.3) is 0 Å². The van der Waals surface area contributed by atoms with E-state index >= 15 is 0 Å². The molecule has 0 aromatic carbocycles. The van der Waals surface area contributed by atoms with Crippen molar-refractivity contribution < 1.29 is 23.5 Å². The van der Waals surface area contributed by atoms with Crippen molar-refractivity contribution in [3.63, 3.8) is 0 Å². The first-order chi connectivity index (χ1) is 13.8. The number of ether oxygens (including phenoxy) is 2. The van der Waals surface area contributed by atoms with Gasteiger partial charge in [-0.1, -0.05) is 13.8 Å². The zero-order valence-electron chi connectivity index (χ0n) is 18.4. The number of hydrogen-bond acceptors (Lipinski definition) is 7. The van der Waals surface area contributed by atoms with Gasteiger partial charge >= 0.3 is 11.9 Å². The minimum absolute atomic E-state index is 0.209. The predicted molar refractivity (Wildman–Crippen MR) is 115 cm³/mol. The summed E-state index contributed by atoms with van der Waals surface area (Å²) < 4.78 is 17.0. The number of nitrogens with zero attached hydrogens (tertiary/aromatic N) is 1. The molecular formula is C22H35NO5S. The fourth-order valence-electron chi connectivity index (χ4n) is 3.47. The highest BCUT2D eigenvalue weighted by Crippen LogP contribution is 2.40. The number of rotatable bonds is 10. The average molecular weight is 426 g/mol. The summed E-state index contributed by atoms with van der Waals surface area (Å²) in [6.07, 6.45) is 3.51. The predicted octanol–water partition coefficient (Wildman–Crippen LogP) is 4.41. The smallest absolute Gasteiger partial charge is 0.350 e. The molecule has 6 nitrogen and oxygen atoms in total. The molecule has 29 heavy (non-hydrogen) atoms. The van der Waals surface area contributed by atoms with E-state index in [2.05, 4.69) is 4.90 Å². The third-order valence-electron chi connectivity index (χ3n) is 5.27. The molecule has 1 aliphatic carbocycles. The summed E-state index contributed by atoms with van der Waals surface area (Å²) in [5, 5.41) is 0.209. The lowest BCUT2D eigenvalue weighted by molar-refractivity contribution is -0.188. The van der Waals surface area contributed by atoms with Crippen LogP contribution in [-0.4, -0.2) is 48.4 Å². The molecule has 164 valence electrons. The second-order valence-electron chi connectivity index (χ2n) is 8.08. The zero-order chi connectivity index (χ0) is 21.4. The first-order valence-corrected chi connectivity index (χ1v) is 11.6. The van der Waals surface area contributed by atoms with Crippen molar-refractivity contribution in [2.45, 2.75) is 76.0 Å². The minimum Gasteiger partial charge on any atom is -0.464 e. The van der Waals surface area contributed by atoms with Gasteiger partial charge in [-0.2, -0.15) is 11.8 Å². The van der Waals surface area contributed by atoms with Crippen molar-refractivity contribution in [3.05, 3.63) is 23.7 Å². The monoisotopic (exact) mass is 425 g/mol. The van der Waals surface area contributed by atoms with Crippen LogP contribution < -0.4 is 0 Å². The number of carbonyl (C=O) groups excluding carboxylic acids is 2. The maximum absolute atomic E-state index is 12.8. The van der Waals surface area contributed by atoms with Crippen LogP contribution in [0.25, 0.3) is 0 Å². The summed E-state index contributed by atoms with van der Waals surface area (Å²) in [6.45, 7) is 6.60. The Balaban J connectivity index is 2.03. The molecule has 0 spiro atoms. The van der Waals surface area contributed by atoms with Crippen molar-refractivity contribution >= 4 is 23.7 Å². The maximum atomic E-state index is 12.8. The fourth-order valence-corrected chi connectivity index (χ4v) is 4.74. The number of esters is 2. The summed E-state index contributed by atoms with van der Waals surface area (Å²) in [4.78, 5) is 27.3. The Morgan fingerprint density at radius 3 is 2.69 bits per heavy atom. The van der Waals surface area contributed by atoms with Gasteiger partial charge in [-0.25, -0.2) is 4.79 Å². The Bertz CT molecular complexity index is 674. The Morgan fingerprint density at radius 2 is 2.03 bits per heavy atom. The molecule has 1 fully saturated rings. The standard InChI is InChI=1S/C22H35NO5S/c1-6-16(3)20(24)28-22(21(25)26-7-2)12-8-9-19(13-22)29-15-18-11-10-17(27-18)14-23(4)5/h10-11,16,19H,6-9,12-15H2,1-5H3. The van der Waals surface area contributed by atoms with Crippen LogP contribution >= 0.6 is 11.8 Å². The molecule has 3 atom stereocenters. The highest BCUT2D eigenvalue weighted by atomic mass is 32.2. The molecule has 0 bridgehead atoms. The largest absolute Gasteiger partial charge is 0.464 e. The van der Waals surface area contributed by atoms with Crippen molar-refractivity contribution in [2.24, 2.45) is 5.92 Å². The van der Waals surface area contributed by atoms with Gasteiger partial charge in [0, 0.05) is 11.7 Å². The van der Waals surface area contributed by atoms with E-state index in [9.17, 15) is 9.59 Å². The van der Waals surface area contributed by atoms with Gasteiger partial charge in [0.1, 0.15) is 11.5 Å². The number of thioether (sulfide) groups is 1. The topological polar surface area (TPSA) is 69.0 Å². The molecule has 3 unspecified atom stereocenters. The van der Waals surface area contributed by atoms with Gasteiger partial charge in [0.2, 0.25) is 5.60 Å². The van der Waals surface area contributed by atoms with Gasteiger partial charge < -0.3 is 18.8 Å². The van der Waals surface area contributed by atoms with Gasteiger partial charge in [-0.15, -0.1) is 0 Å². The SMILES string of the molecule is CCOC(=O)C1(OC(=O)C(C)CC)CCCC(SCc2ccc(CN(C)C)o2)C1. The summed E-state index contributed by atoms with van der Waals surface area (Å²) in [6, 6.07) is 4.02. The molecule has 2 rings (SSSR count). The molecule has 7 heteroatoms. The summed E-state index contributed by atoms with van der Waals surface area (Å²) in [5.74, 6) is 1.65. The number of furan rings is 1. The quantitative estimate of drug-likeness (QED) is 0.514. The lowest BCUT2D eigenvalue weighted by Gasteiger charge is -2.38. The van der Waals surface area contributed by atoms with Gasteiger partial charge in [-0.05, 0) is 58.8 Å². The lowest BCUT2D eigenvalue weighted by Crippen LogP contribution is -2.49. The summed E-state index contributed by atoms with van der Waals surface area (Å²) in [7, 11) is 4.02. The highest BCUT2D eigenvalue weighted by molar-refractivity contribution is 7.99. The van der Waals surface area contributed by atoms with Crippen LogP contribution in [-0.2, 0) is 31.4 Å². The van der Waals surface area contributed by atoms with E-state index < -0.39 is 11.6 Å². The van der Waals surface area contributed by atoms with Crippen LogP contribution in [0.3, 0.4) is 0 Å². The first kappa shape index (κ1) is 23.8. The Morgan fingerprint density at radius 1 is 1.31 bits per heavy atom. The summed E-state index contributed by atoms with van der Waals surface area (Å²) in [5.41, 5.74) is -1.16. The van der Waals surface area contributed by atoms with Gasteiger partial charge in [-0.3, -0.25) is 4.79 Å². The third kappa shape index (κ3) is 6.78. The van der Waals surface area contributed by atoms with Crippen LogP contribution in [0.15, 0.2) is 16.5 Å². The second-order valence-corrected chi connectivity index (χ2v) is 9.37. The van der Waals surface area contributed by atoms with E-state index in [0.717, 1.165) is 36.7 Å². The van der Waals surface area contributed by atoms with E-state index in [1.807, 2.05) is 40.1 Å². The molecule has 1 aliphatic rings. The van der Waals surface area contributed by atoms with E-state index in [-0.39, 0.29) is 23.7 Å². The molecule has 1 heterocycles. The van der Waals surface area contributed by atoms with E-state index in [1.165, 1.54) is 0 Å². The third-order valence-corrected chi connectivity index (χ3v) is 6.60. The lowest BCUT2D eigenvalue weighted by atomic mass is 9.84. The van der Waals surface area contributed by atoms with Crippen molar-refractivity contribution in [2.75, 3.05) is 20.7 Å². The van der Waals surface area contributed by atoms with Crippen molar-refractivity contribution in [1.82, 2.24) is 4.90 Å². The van der Waals surface area contributed by atoms with Crippen molar-refractivity contribution in [1.29, 1.82) is 0 Å². The second kappa shape index (κ2) is 11.1. The van der Waals surface area contributed by atoms with Gasteiger partial charge in [0.05, 0.1) is 24.8 Å². The van der Waals surface area contributed by atoms with E-state index in [0.29, 0.717) is 19.3 Å². The average Bonchev–Trinajstić information content (AvgIpc) is 3.12. The molecular weight excluding hydrogens is 390 g/mol. The zero-order valence-corrected chi connectivity index (χ0v) is 19.2. The first-order valence-electron chi connectivity index (χ1n) is 10.5. The molecule has 1 saturated carbocycles. The molecule has 1 aromatic heterocycles. The molecule has 0 radical (unpaired) electrons. The number of hydrogen-bond donors (Lipinski definition) is 0. The molecule has 0 amide bonds. The molecule has 0 N–H and O–H groups in total. The highest BCUT2D eigenvalue weighted by Gasteiger charge is 2.48. The van der Waals surface area contributed by atoms with Crippen LogP contribution in [0.1, 0.15) is 64.4 Å². The minimum atomic E-state index is -1.16. The van der Waals surface area contributed by atoms with Crippen LogP contribution in [0, 0.1) is 5.92 Å². The molecule has 0 aliphatic heterocycles. The van der Waals surface area contributed by atoms with Crippen LogP contribution in [0.4, 0.5) is 0 Å². The van der Waals surface area contributed by atoms with Crippen molar-refractivity contribution in [3.8, 4) is 0 Å². The fraction of sp³-hybridized carbons (Fsp3) is 0.727. The molecule has 1 aromatic rings. The normalized spacial score (nSPS) is 23.0. The van der Waals surface area contributed by atoms with Gasteiger partial charge in [0.15, 0.2) is 0 Å².